The van der Waals surface area contributed by atoms with Crippen LogP contribution in [0.2, 0.25) is 5.02 Å². The van der Waals surface area contributed by atoms with E-state index >= 15 is 0 Å². The minimum absolute atomic E-state index is 0.152. The molecule has 3 aromatic carbocycles. The summed E-state index contributed by atoms with van der Waals surface area (Å²) < 4.78 is 16.5. The van der Waals surface area contributed by atoms with Gasteiger partial charge < -0.3 is 24.3 Å². The van der Waals surface area contributed by atoms with Gasteiger partial charge in [-0.1, -0.05) is 61.0 Å². The molecule has 1 atom stereocenters. The third-order valence-corrected chi connectivity index (χ3v) is 8.84. The molecule has 6 rings (SSSR count). The Morgan fingerprint density at radius 2 is 1.86 bits per heavy atom. The first-order valence-electron chi connectivity index (χ1n) is 14.9. The molecule has 0 fully saturated rings. The molecular weight excluding hydrogens is 550 g/mol. The second-order valence-electron chi connectivity index (χ2n) is 11.1. The van der Waals surface area contributed by atoms with Gasteiger partial charge in [0.05, 0.1) is 28.5 Å². The molecule has 0 spiro atoms. The Morgan fingerprint density at radius 3 is 2.67 bits per heavy atom. The molecule has 8 heteroatoms. The normalized spacial score (nSPS) is 15.7. The predicted molar refractivity (Wildman–Crippen MR) is 167 cm³/mol. The Hall–Kier alpha value is -3.36. The van der Waals surface area contributed by atoms with Gasteiger partial charge in [-0.2, -0.15) is 5.10 Å². The summed E-state index contributed by atoms with van der Waals surface area (Å²) in [6.45, 7) is 5.90. The number of aryl methyl sites for hydroxylation is 3. The van der Waals surface area contributed by atoms with Crippen LogP contribution in [-0.4, -0.2) is 37.8 Å². The van der Waals surface area contributed by atoms with Crippen LogP contribution in [0.1, 0.15) is 67.6 Å². The number of aliphatic hydroxyl groups excluding tert-OH is 1. The zero-order valence-electron chi connectivity index (χ0n) is 24.4. The second kappa shape index (κ2) is 12.1. The Kier molecular flexibility index (Phi) is 8.28. The van der Waals surface area contributed by atoms with Crippen molar-refractivity contribution in [1.82, 2.24) is 14.3 Å². The molecule has 2 aromatic heterocycles. The Balaban J connectivity index is 1.44. The third kappa shape index (κ3) is 5.09. The van der Waals surface area contributed by atoms with Crippen molar-refractivity contribution in [2.75, 3.05) is 13.2 Å². The molecule has 1 unspecified atom stereocenters. The molecule has 0 saturated carbocycles. The molecule has 0 amide bonds. The lowest BCUT2D eigenvalue weighted by Crippen LogP contribution is -2.11. The van der Waals surface area contributed by atoms with E-state index in [1.807, 2.05) is 55.1 Å². The summed E-state index contributed by atoms with van der Waals surface area (Å²) in [4.78, 5) is 0. The van der Waals surface area contributed by atoms with Crippen LogP contribution in [0.4, 0.5) is 0 Å². The van der Waals surface area contributed by atoms with Crippen molar-refractivity contribution in [2.45, 2.75) is 64.9 Å². The number of fused-ring (bicyclic) bond motifs is 3. The average molecular weight is 588 g/mol. The maximum absolute atomic E-state index is 10.8. The van der Waals surface area contributed by atoms with Crippen LogP contribution in [-0.2, 0) is 24.8 Å². The van der Waals surface area contributed by atoms with Gasteiger partial charge >= 0.3 is 0 Å². The van der Waals surface area contributed by atoms with E-state index < -0.39 is 6.29 Å². The predicted octanol–water partition coefficient (Wildman–Crippen LogP) is 7.41. The number of hydrogen-bond donors (Lipinski definition) is 2. The van der Waals surface area contributed by atoms with Gasteiger partial charge in [-0.05, 0) is 62.1 Å². The van der Waals surface area contributed by atoms with E-state index in [-0.39, 0.29) is 6.10 Å². The van der Waals surface area contributed by atoms with E-state index in [4.69, 9.17) is 26.2 Å². The quantitative estimate of drug-likeness (QED) is 0.153. The molecule has 5 aromatic rings. The Labute approximate surface area is 251 Å². The number of rotatable bonds is 7. The minimum atomic E-state index is -1.63. The van der Waals surface area contributed by atoms with Crippen molar-refractivity contribution in [2.24, 2.45) is 7.05 Å². The average Bonchev–Trinajstić information content (AvgIpc) is 3.45. The third-order valence-electron chi connectivity index (χ3n) is 8.53. The first-order valence-corrected chi connectivity index (χ1v) is 15.2. The first-order chi connectivity index (χ1) is 20.4. The molecule has 1 aliphatic heterocycles. The fourth-order valence-corrected chi connectivity index (χ4v) is 6.70. The topological polar surface area (TPSA) is 81.7 Å². The molecule has 0 aliphatic carbocycles. The number of halogens is 1. The van der Waals surface area contributed by atoms with E-state index in [1.54, 1.807) is 0 Å². The van der Waals surface area contributed by atoms with Crippen LogP contribution in [0.15, 0.2) is 54.6 Å². The summed E-state index contributed by atoms with van der Waals surface area (Å²) in [7, 11) is 1.94. The van der Waals surface area contributed by atoms with E-state index in [2.05, 4.69) is 29.7 Å². The van der Waals surface area contributed by atoms with E-state index in [0.29, 0.717) is 43.3 Å². The fourth-order valence-electron chi connectivity index (χ4n) is 6.45. The van der Waals surface area contributed by atoms with E-state index in [1.165, 1.54) is 0 Å². The maximum atomic E-state index is 10.8. The van der Waals surface area contributed by atoms with Crippen molar-refractivity contribution in [3.8, 4) is 16.9 Å². The molecular formula is C34H38ClN3O4. The lowest BCUT2D eigenvalue weighted by atomic mass is 9.96. The zero-order valence-corrected chi connectivity index (χ0v) is 25.2. The SMILES string of the molecule is CCC1OCCCCn2c(C(O)O)c(CCCOc3cccc4ccccc34)c3ccc(Cl)c(c32)-c2c1nn(C)c2C. The molecule has 2 N–H and O–H groups in total. The van der Waals surface area contributed by atoms with Crippen molar-refractivity contribution in [3.05, 3.63) is 82.3 Å². The van der Waals surface area contributed by atoms with Gasteiger partial charge in [-0.3, -0.25) is 4.68 Å². The highest BCUT2D eigenvalue weighted by atomic mass is 35.5. The highest BCUT2D eigenvalue weighted by Crippen LogP contribution is 2.45. The molecule has 0 saturated heterocycles. The van der Waals surface area contributed by atoms with E-state index in [9.17, 15) is 10.2 Å². The standard InChI is InChI=1S/C34H38ClN3O4/c1-4-27-31-29(21(2)37(3)36-31)30-26(35)17-16-25-24(33(34(39)40)38(32(25)30)18-7-8-19-41-27)14-10-20-42-28-15-9-12-22-11-5-6-13-23(22)28/h5-6,9,11-13,15-17,27,34,39-40H,4,7-8,10,14,18-20H2,1-3H3. The lowest BCUT2D eigenvalue weighted by Gasteiger charge is -2.17. The number of nitrogens with zero attached hydrogens (tertiary/aromatic N) is 3. The summed E-state index contributed by atoms with van der Waals surface area (Å²) in [6, 6.07) is 18.2. The lowest BCUT2D eigenvalue weighted by molar-refractivity contribution is -0.0488. The Morgan fingerprint density at radius 1 is 1.05 bits per heavy atom. The van der Waals surface area contributed by atoms with Crippen molar-refractivity contribution in [3.63, 3.8) is 0 Å². The van der Waals surface area contributed by atoms with Crippen LogP contribution in [0, 0.1) is 6.92 Å². The van der Waals surface area contributed by atoms with Gasteiger partial charge in [0.15, 0.2) is 6.29 Å². The molecule has 1 aliphatic rings. The molecule has 42 heavy (non-hydrogen) atoms. The molecule has 0 bridgehead atoms. The molecule has 3 heterocycles. The van der Waals surface area contributed by atoms with Crippen molar-refractivity contribution in [1.29, 1.82) is 0 Å². The smallest absolute Gasteiger partial charge is 0.194 e. The van der Waals surface area contributed by atoms with Gasteiger partial charge in [0.25, 0.3) is 0 Å². The zero-order chi connectivity index (χ0) is 29.4. The Bertz CT molecular complexity index is 1730. The molecule has 220 valence electrons. The molecule has 7 nitrogen and oxygen atoms in total. The van der Waals surface area contributed by atoms with Crippen molar-refractivity contribution < 1.29 is 19.7 Å². The minimum Gasteiger partial charge on any atom is -0.493 e. The first kappa shape index (κ1) is 28.7. The van der Waals surface area contributed by atoms with Gasteiger partial charge in [0.1, 0.15) is 11.9 Å². The van der Waals surface area contributed by atoms with E-state index in [0.717, 1.165) is 74.8 Å². The number of aromatic nitrogens is 3. The number of ether oxygens (including phenoxy) is 2. The number of aliphatic hydroxyl groups is 2. The second-order valence-corrected chi connectivity index (χ2v) is 11.5. The number of benzene rings is 3. The van der Waals surface area contributed by atoms with Gasteiger partial charge in [-0.25, -0.2) is 0 Å². The fraction of sp³-hybridized carbons (Fsp3) is 0.382. The summed E-state index contributed by atoms with van der Waals surface area (Å²) in [5.41, 5.74) is 6.06. The highest BCUT2D eigenvalue weighted by Gasteiger charge is 2.30. The summed E-state index contributed by atoms with van der Waals surface area (Å²) in [6.07, 6.45) is 2.03. The van der Waals surface area contributed by atoms with Gasteiger partial charge in [0, 0.05) is 47.8 Å². The molecule has 0 radical (unpaired) electrons. The summed E-state index contributed by atoms with van der Waals surface area (Å²) >= 11 is 7.02. The van der Waals surface area contributed by atoms with Crippen molar-refractivity contribution >= 4 is 33.3 Å². The summed E-state index contributed by atoms with van der Waals surface area (Å²) in [5.74, 6) is 0.855. The van der Waals surface area contributed by atoms with Crippen LogP contribution < -0.4 is 4.74 Å². The maximum Gasteiger partial charge on any atom is 0.194 e. The largest absolute Gasteiger partial charge is 0.493 e. The summed E-state index contributed by atoms with van der Waals surface area (Å²) in [5, 5.41) is 30.2. The monoisotopic (exact) mass is 587 g/mol. The van der Waals surface area contributed by atoms with Gasteiger partial charge in [-0.15, -0.1) is 0 Å². The number of hydrogen-bond acceptors (Lipinski definition) is 5. The highest BCUT2D eigenvalue weighted by molar-refractivity contribution is 6.35. The van der Waals surface area contributed by atoms with Crippen LogP contribution >= 0.6 is 11.6 Å². The van der Waals surface area contributed by atoms with Crippen LogP contribution in [0.3, 0.4) is 0 Å². The van der Waals surface area contributed by atoms with Crippen LogP contribution in [0.25, 0.3) is 32.8 Å². The van der Waals surface area contributed by atoms with Gasteiger partial charge in [0.2, 0.25) is 0 Å². The van der Waals surface area contributed by atoms with Crippen LogP contribution in [0.5, 0.6) is 5.75 Å².